The Bertz CT molecular complexity index is 616. The Morgan fingerprint density at radius 2 is 2.09 bits per heavy atom. The van der Waals surface area contributed by atoms with Gasteiger partial charge >= 0.3 is 11.8 Å². The predicted octanol–water partition coefficient (Wildman–Crippen LogP) is -0.302. The lowest BCUT2D eigenvalue weighted by Crippen LogP contribution is -3.05. The molecule has 6 nitrogen and oxygen atoms in total. The van der Waals surface area contributed by atoms with E-state index < -0.39 is 11.8 Å². The summed E-state index contributed by atoms with van der Waals surface area (Å²) in [6.45, 7) is 1.40. The number of carbonyl (C=O) groups is 2. The highest BCUT2D eigenvalue weighted by molar-refractivity contribution is 7.16. The Hall–Kier alpha value is -1.91. The van der Waals surface area contributed by atoms with Crippen molar-refractivity contribution in [3.8, 4) is 6.07 Å². The molecule has 1 aliphatic carbocycles. The fraction of sp³-hybridized carbons (Fsp3) is 0.533. The zero-order chi connectivity index (χ0) is 16.1. The van der Waals surface area contributed by atoms with E-state index >= 15 is 0 Å². The van der Waals surface area contributed by atoms with Crippen LogP contribution >= 0.6 is 11.3 Å². The Balaban J connectivity index is 1.90. The number of anilines is 1. The van der Waals surface area contributed by atoms with Gasteiger partial charge in [-0.25, -0.2) is 0 Å². The average molecular weight is 321 g/mol. The van der Waals surface area contributed by atoms with Gasteiger partial charge in [0.15, 0.2) is 0 Å². The molecule has 7 heteroatoms. The zero-order valence-corrected chi connectivity index (χ0v) is 13.7. The van der Waals surface area contributed by atoms with Crippen molar-refractivity contribution in [3.63, 3.8) is 0 Å². The van der Waals surface area contributed by atoms with Gasteiger partial charge in [-0.1, -0.05) is 0 Å². The van der Waals surface area contributed by atoms with Gasteiger partial charge < -0.3 is 15.5 Å². The molecule has 0 spiro atoms. The Morgan fingerprint density at radius 1 is 1.32 bits per heavy atom. The van der Waals surface area contributed by atoms with Crippen molar-refractivity contribution in [1.29, 1.82) is 5.26 Å². The minimum Gasteiger partial charge on any atom is -0.348 e. The summed E-state index contributed by atoms with van der Waals surface area (Å²) < 4.78 is 0. The highest BCUT2D eigenvalue weighted by Gasteiger charge is 2.24. The highest BCUT2D eigenvalue weighted by atomic mass is 32.1. The van der Waals surface area contributed by atoms with Crippen LogP contribution in [-0.4, -0.2) is 39.0 Å². The summed E-state index contributed by atoms with van der Waals surface area (Å²) in [5.41, 5.74) is 1.56. The van der Waals surface area contributed by atoms with Crippen LogP contribution in [0.4, 0.5) is 5.00 Å². The van der Waals surface area contributed by atoms with Crippen molar-refractivity contribution in [2.75, 3.05) is 32.5 Å². The van der Waals surface area contributed by atoms with Crippen LogP contribution in [0.15, 0.2) is 0 Å². The topological polar surface area (TPSA) is 86.4 Å². The number of carbonyl (C=O) groups excluding carboxylic acids is 2. The van der Waals surface area contributed by atoms with Crippen LogP contribution in [0.3, 0.4) is 0 Å². The van der Waals surface area contributed by atoms with Crippen molar-refractivity contribution < 1.29 is 14.5 Å². The SMILES string of the molecule is C[NH+](C)CCCNC(=O)C(=O)Nc1sc2c(c1C#N)CCC2. The number of thiophene rings is 1. The molecule has 0 atom stereocenters. The Labute approximate surface area is 134 Å². The first-order valence-corrected chi connectivity index (χ1v) is 8.27. The molecule has 0 bridgehead atoms. The van der Waals surface area contributed by atoms with E-state index in [9.17, 15) is 14.9 Å². The number of aryl methyl sites for hydroxylation is 1. The maximum absolute atomic E-state index is 11.9. The third kappa shape index (κ3) is 3.84. The molecule has 0 saturated carbocycles. The monoisotopic (exact) mass is 321 g/mol. The van der Waals surface area contributed by atoms with E-state index in [1.807, 2.05) is 14.1 Å². The Morgan fingerprint density at radius 3 is 2.77 bits per heavy atom. The predicted molar refractivity (Wildman–Crippen MR) is 85.0 cm³/mol. The zero-order valence-electron chi connectivity index (χ0n) is 12.9. The third-order valence-electron chi connectivity index (χ3n) is 3.61. The van der Waals surface area contributed by atoms with Crippen molar-refractivity contribution in [2.24, 2.45) is 0 Å². The van der Waals surface area contributed by atoms with Crippen LogP contribution in [0.5, 0.6) is 0 Å². The second-order valence-corrected chi connectivity index (χ2v) is 6.80. The number of quaternary nitrogens is 1. The van der Waals surface area contributed by atoms with Gasteiger partial charge in [-0.05, 0) is 24.8 Å². The van der Waals surface area contributed by atoms with Crippen LogP contribution in [0.1, 0.15) is 28.8 Å². The molecule has 2 amide bonds. The number of nitriles is 1. The molecule has 0 fully saturated rings. The second kappa shape index (κ2) is 7.38. The summed E-state index contributed by atoms with van der Waals surface area (Å²) in [5.74, 6) is -1.35. The standard InChI is InChI=1S/C15H20N4O2S/c1-19(2)8-4-7-17-13(20)14(21)18-15-11(9-16)10-5-3-6-12(10)22-15/h3-8H2,1-2H3,(H,17,20)(H,18,21)/p+1. The van der Waals surface area contributed by atoms with Crippen molar-refractivity contribution in [1.82, 2.24) is 5.32 Å². The molecule has 0 aliphatic heterocycles. The smallest absolute Gasteiger partial charge is 0.314 e. The maximum Gasteiger partial charge on any atom is 0.314 e. The first kappa shape index (κ1) is 16.5. The molecule has 0 saturated heterocycles. The molecule has 1 aromatic rings. The minimum atomic E-state index is -0.700. The molecular weight excluding hydrogens is 300 g/mol. The van der Waals surface area contributed by atoms with Gasteiger partial charge in [0.1, 0.15) is 11.1 Å². The molecule has 118 valence electrons. The normalized spacial score (nSPS) is 12.8. The van der Waals surface area contributed by atoms with Crippen molar-refractivity contribution >= 4 is 28.2 Å². The molecule has 0 unspecified atom stereocenters. The fourth-order valence-corrected chi connectivity index (χ4v) is 3.73. The first-order valence-electron chi connectivity index (χ1n) is 7.45. The fourth-order valence-electron chi connectivity index (χ4n) is 2.49. The number of nitrogens with zero attached hydrogens (tertiary/aromatic N) is 1. The molecule has 2 rings (SSSR count). The molecule has 1 aromatic heterocycles. The lowest BCUT2D eigenvalue weighted by atomic mass is 10.1. The summed E-state index contributed by atoms with van der Waals surface area (Å²) in [6, 6.07) is 2.15. The number of fused-ring (bicyclic) bond motifs is 1. The van der Waals surface area contributed by atoms with Gasteiger partial charge in [-0.15, -0.1) is 11.3 Å². The van der Waals surface area contributed by atoms with E-state index in [0.29, 0.717) is 17.1 Å². The average Bonchev–Trinajstić information content (AvgIpc) is 3.03. The third-order valence-corrected chi connectivity index (χ3v) is 4.81. The van der Waals surface area contributed by atoms with Gasteiger partial charge in [0.05, 0.1) is 26.2 Å². The largest absolute Gasteiger partial charge is 0.348 e. The first-order chi connectivity index (χ1) is 10.5. The van der Waals surface area contributed by atoms with E-state index in [4.69, 9.17) is 0 Å². The summed E-state index contributed by atoms with van der Waals surface area (Å²) in [4.78, 5) is 26.1. The summed E-state index contributed by atoms with van der Waals surface area (Å²) in [7, 11) is 4.07. The number of rotatable bonds is 5. The minimum absolute atomic E-state index is 0.476. The number of nitrogens with one attached hydrogen (secondary N) is 3. The highest BCUT2D eigenvalue weighted by Crippen LogP contribution is 2.38. The number of amides is 2. The molecule has 0 radical (unpaired) electrons. The lowest BCUT2D eigenvalue weighted by molar-refractivity contribution is -0.858. The van der Waals surface area contributed by atoms with Gasteiger partial charge in [0.25, 0.3) is 0 Å². The molecule has 22 heavy (non-hydrogen) atoms. The van der Waals surface area contributed by atoms with Crippen LogP contribution in [-0.2, 0) is 22.4 Å². The van der Waals surface area contributed by atoms with E-state index in [-0.39, 0.29) is 0 Å². The number of hydrogen-bond acceptors (Lipinski definition) is 4. The summed E-state index contributed by atoms with van der Waals surface area (Å²) in [5, 5.41) is 14.9. The van der Waals surface area contributed by atoms with E-state index in [0.717, 1.165) is 42.7 Å². The van der Waals surface area contributed by atoms with Crippen LogP contribution in [0.25, 0.3) is 0 Å². The van der Waals surface area contributed by atoms with Gasteiger partial charge in [-0.2, -0.15) is 5.26 Å². The van der Waals surface area contributed by atoms with Crippen molar-refractivity contribution in [3.05, 3.63) is 16.0 Å². The molecule has 1 aliphatic rings. The molecule has 0 aromatic carbocycles. The lowest BCUT2D eigenvalue weighted by Gasteiger charge is -2.08. The molecular formula is C15H21N4O2S+. The van der Waals surface area contributed by atoms with Crippen LogP contribution in [0, 0.1) is 11.3 Å². The van der Waals surface area contributed by atoms with E-state index in [1.165, 1.54) is 16.2 Å². The number of hydrogen-bond donors (Lipinski definition) is 3. The molecule has 1 heterocycles. The van der Waals surface area contributed by atoms with Gasteiger partial charge in [0.2, 0.25) is 0 Å². The van der Waals surface area contributed by atoms with Crippen LogP contribution < -0.4 is 15.5 Å². The quantitative estimate of drug-likeness (QED) is 0.514. The van der Waals surface area contributed by atoms with Crippen LogP contribution in [0.2, 0.25) is 0 Å². The van der Waals surface area contributed by atoms with E-state index in [1.54, 1.807) is 0 Å². The second-order valence-electron chi connectivity index (χ2n) is 5.69. The Kier molecular flexibility index (Phi) is 5.52. The summed E-state index contributed by atoms with van der Waals surface area (Å²) >= 11 is 1.41. The van der Waals surface area contributed by atoms with E-state index in [2.05, 4.69) is 16.7 Å². The van der Waals surface area contributed by atoms with Crippen molar-refractivity contribution in [2.45, 2.75) is 25.7 Å². The van der Waals surface area contributed by atoms with Gasteiger partial charge in [0, 0.05) is 17.8 Å². The maximum atomic E-state index is 11.9. The molecule has 3 N–H and O–H groups in total. The summed E-state index contributed by atoms with van der Waals surface area (Å²) in [6.07, 6.45) is 3.70. The van der Waals surface area contributed by atoms with Gasteiger partial charge in [-0.3, -0.25) is 9.59 Å².